The first kappa shape index (κ1) is 8.91. The highest BCUT2D eigenvalue weighted by Gasteiger charge is 2.01. The summed E-state index contributed by atoms with van der Waals surface area (Å²) in [6, 6.07) is 3.70. The second kappa shape index (κ2) is 3.48. The van der Waals surface area contributed by atoms with Gasteiger partial charge in [-0.25, -0.2) is 0 Å². The fraction of sp³-hybridized carbons (Fsp3) is 0. The lowest BCUT2D eigenvalue weighted by Crippen LogP contribution is -1.73. The molecule has 0 aliphatic rings. The summed E-state index contributed by atoms with van der Waals surface area (Å²) in [5.41, 5.74) is 0. The van der Waals surface area contributed by atoms with Gasteiger partial charge in [0.15, 0.2) is 0 Å². The maximum Gasteiger partial charge on any atom is 0.0561 e. The molecule has 0 heterocycles. The molecule has 0 amide bonds. The van der Waals surface area contributed by atoms with E-state index in [1.165, 1.54) is 0 Å². The molecule has 0 spiro atoms. The summed E-state index contributed by atoms with van der Waals surface area (Å²) in [7, 11) is 0. The Balaban J connectivity index is 3.31. The molecule has 0 atom stereocenters. The van der Waals surface area contributed by atoms with Crippen LogP contribution in [-0.2, 0) is 0 Å². The first-order valence-corrected chi connectivity index (χ1v) is 4.86. The molecule has 0 aliphatic heterocycles. The summed E-state index contributed by atoms with van der Waals surface area (Å²) in [5, 5.41) is 0.643. The van der Waals surface area contributed by atoms with Crippen LogP contribution in [-0.4, -0.2) is 0 Å². The molecule has 1 aromatic carbocycles. The number of thiol groups is 1. The largest absolute Gasteiger partial charge is 0.141 e. The van der Waals surface area contributed by atoms with E-state index in [-0.39, 0.29) is 0 Å². The summed E-state index contributed by atoms with van der Waals surface area (Å²) >= 11 is 16.5. The van der Waals surface area contributed by atoms with Gasteiger partial charge in [0.1, 0.15) is 0 Å². The zero-order valence-corrected chi connectivity index (χ0v) is 9.56. The van der Waals surface area contributed by atoms with Crippen molar-refractivity contribution >= 4 is 56.1 Å². The predicted octanol–water partition coefficient (Wildman–Crippen LogP) is 4.15. The van der Waals surface area contributed by atoms with Gasteiger partial charge in [-0.2, -0.15) is 0 Å². The van der Waals surface area contributed by atoms with Crippen molar-refractivity contribution in [3.8, 4) is 0 Å². The molecule has 0 bridgehead atoms. The van der Waals surface area contributed by atoms with Gasteiger partial charge < -0.3 is 0 Å². The van der Waals surface area contributed by atoms with E-state index in [9.17, 15) is 0 Å². The van der Waals surface area contributed by atoms with Crippen molar-refractivity contribution in [1.29, 1.82) is 0 Å². The summed E-state index contributed by atoms with van der Waals surface area (Å²) in [6.07, 6.45) is 0. The van der Waals surface area contributed by atoms with Crippen molar-refractivity contribution < 1.29 is 0 Å². The summed E-state index contributed by atoms with van der Waals surface area (Å²) in [4.78, 5) is 0.768. The van der Waals surface area contributed by atoms with Gasteiger partial charge in [0.25, 0.3) is 0 Å². The molecule has 0 radical (unpaired) electrons. The number of benzene rings is 1. The molecule has 0 fully saturated rings. The van der Waals surface area contributed by atoms with Gasteiger partial charge in [0.05, 0.1) is 5.02 Å². The first-order valence-electron chi connectivity index (χ1n) is 2.45. The molecule has 10 heavy (non-hydrogen) atoms. The Morgan fingerprint density at radius 3 is 2.40 bits per heavy atom. The maximum atomic E-state index is 5.78. The van der Waals surface area contributed by atoms with E-state index in [1.54, 1.807) is 6.07 Å². The lowest BCUT2D eigenvalue weighted by molar-refractivity contribution is 1.40. The third kappa shape index (κ3) is 1.91. The molecule has 54 valence electrons. The highest BCUT2D eigenvalue weighted by molar-refractivity contribution is 9.11. The van der Waals surface area contributed by atoms with Crippen LogP contribution >= 0.6 is 56.1 Å². The third-order valence-electron chi connectivity index (χ3n) is 0.982. The van der Waals surface area contributed by atoms with Crippen LogP contribution in [0, 0.1) is 0 Å². The van der Waals surface area contributed by atoms with Crippen LogP contribution in [0.15, 0.2) is 26.0 Å². The van der Waals surface area contributed by atoms with E-state index in [0.717, 1.165) is 13.8 Å². The number of rotatable bonds is 0. The summed E-state index contributed by atoms with van der Waals surface area (Å²) in [5.74, 6) is 0. The van der Waals surface area contributed by atoms with Crippen molar-refractivity contribution in [2.24, 2.45) is 0 Å². The molecule has 0 saturated carbocycles. The van der Waals surface area contributed by atoms with Crippen LogP contribution in [0.25, 0.3) is 0 Å². The van der Waals surface area contributed by atoms with E-state index in [1.807, 2.05) is 6.07 Å². The van der Waals surface area contributed by atoms with Gasteiger partial charge in [-0.05, 0) is 28.1 Å². The van der Waals surface area contributed by atoms with Crippen molar-refractivity contribution in [2.75, 3.05) is 0 Å². The van der Waals surface area contributed by atoms with E-state index in [2.05, 4.69) is 44.5 Å². The van der Waals surface area contributed by atoms with Crippen molar-refractivity contribution in [1.82, 2.24) is 0 Å². The normalized spacial score (nSPS) is 10.0. The Bertz CT molecular complexity index is 239. The average Bonchev–Trinajstić information content (AvgIpc) is 1.82. The smallest absolute Gasteiger partial charge is 0.0561 e. The fourth-order valence-electron chi connectivity index (χ4n) is 0.535. The Hall–Kier alpha value is 0.820. The Morgan fingerprint density at radius 1 is 1.30 bits per heavy atom. The van der Waals surface area contributed by atoms with Crippen LogP contribution in [0.5, 0.6) is 0 Å². The molecular formula is C6H3Br2ClS. The molecule has 0 aliphatic carbocycles. The highest BCUT2D eigenvalue weighted by Crippen LogP contribution is 2.31. The second-order valence-corrected chi connectivity index (χ2v) is 4.34. The topological polar surface area (TPSA) is 0 Å². The molecule has 0 aromatic heterocycles. The Labute approximate surface area is 86.6 Å². The van der Waals surface area contributed by atoms with Gasteiger partial charge >= 0.3 is 0 Å². The Kier molecular flexibility index (Phi) is 3.10. The highest BCUT2D eigenvalue weighted by atomic mass is 79.9. The third-order valence-corrected chi connectivity index (χ3v) is 3.28. The Morgan fingerprint density at radius 2 is 1.90 bits per heavy atom. The van der Waals surface area contributed by atoms with Gasteiger partial charge in [0, 0.05) is 13.8 Å². The van der Waals surface area contributed by atoms with Gasteiger partial charge in [0.2, 0.25) is 0 Å². The molecule has 4 heteroatoms. The number of halogens is 3. The molecular weight excluding hydrogens is 299 g/mol. The van der Waals surface area contributed by atoms with Crippen LogP contribution in [0.3, 0.4) is 0 Å². The molecule has 0 unspecified atom stereocenters. The molecule has 0 nitrogen and oxygen atoms in total. The van der Waals surface area contributed by atoms with Crippen molar-refractivity contribution in [3.63, 3.8) is 0 Å². The van der Waals surface area contributed by atoms with E-state index < -0.39 is 0 Å². The van der Waals surface area contributed by atoms with Gasteiger partial charge in [-0.1, -0.05) is 27.5 Å². The lowest BCUT2D eigenvalue weighted by Gasteiger charge is -1.99. The molecule has 0 N–H and O–H groups in total. The monoisotopic (exact) mass is 300 g/mol. The van der Waals surface area contributed by atoms with Crippen LogP contribution in [0.2, 0.25) is 5.02 Å². The average molecular weight is 302 g/mol. The van der Waals surface area contributed by atoms with Gasteiger partial charge in [-0.3, -0.25) is 0 Å². The fourth-order valence-corrected chi connectivity index (χ4v) is 2.35. The maximum absolute atomic E-state index is 5.78. The van der Waals surface area contributed by atoms with E-state index >= 15 is 0 Å². The lowest BCUT2D eigenvalue weighted by atomic mass is 10.4. The van der Waals surface area contributed by atoms with Crippen LogP contribution < -0.4 is 0 Å². The summed E-state index contributed by atoms with van der Waals surface area (Å²) in [6.45, 7) is 0. The summed E-state index contributed by atoms with van der Waals surface area (Å²) < 4.78 is 1.84. The zero-order valence-electron chi connectivity index (χ0n) is 4.74. The zero-order chi connectivity index (χ0) is 7.72. The molecule has 0 saturated heterocycles. The predicted molar refractivity (Wildman–Crippen MR) is 54.1 cm³/mol. The first-order chi connectivity index (χ1) is 4.61. The molecule has 1 aromatic rings. The standard InChI is InChI=1S/C6H3Br2ClS/c7-3-1-4(8)6(10)5(9)2-3/h1-2,10H. The van der Waals surface area contributed by atoms with E-state index in [0.29, 0.717) is 5.02 Å². The number of hydrogen-bond acceptors (Lipinski definition) is 1. The minimum absolute atomic E-state index is 0.643. The van der Waals surface area contributed by atoms with E-state index in [4.69, 9.17) is 11.6 Å². The minimum Gasteiger partial charge on any atom is -0.141 e. The number of hydrogen-bond donors (Lipinski definition) is 1. The van der Waals surface area contributed by atoms with Crippen LogP contribution in [0.4, 0.5) is 0 Å². The van der Waals surface area contributed by atoms with Gasteiger partial charge in [-0.15, -0.1) is 12.6 Å². The van der Waals surface area contributed by atoms with Crippen molar-refractivity contribution in [3.05, 3.63) is 26.1 Å². The molecule has 1 rings (SSSR count). The second-order valence-electron chi connectivity index (χ2n) is 1.72. The van der Waals surface area contributed by atoms with Crippen molar-refractivity contribution in [2.45, 2.75) is 4.90 Å². The SMILES string of the molecule is Sc1c(Cl)cc(Br)cc1Br. The van der Waals surface area contributed by atoms with Crippen LogP contribution in [0.1, 0.15) is 0 Å². The quantitative estimate of drug-likeness (QED) is 0.684. The minimum atomic E-state index is 0.643.